The number of aromatic nitrogens is 2. The number of piperidine rings is 2. The Labute approximate surface area is 208 Å². The van der Waals surface area contributed by atoms with E-state index < -0.39 is 0 Å². The molecule has 2 aliphatic heterocycles. The summed E-state index contributed by atoms with van der Waals surface area (Å²) in [5.41, 5.74) is 0. The van der Waals surface area contributed by atoms with E-state index >= 15 is 0 Å². The maximum Gasteiger partial charge on any atom is 0.193 e. The van der Waals surface area contributed by atoms with Crippen molar-refractivity contribution in [1.29, 1.82) is 0 Å². The van der Waals surface area contributed by atoms with Crippen LogP contribution in [-0.4, -0.2) is 65.1 Å². The molecule has 4 unspecified atom stereocenters. The van der Waals surface area contributed by atoms with E-state index in [1.54, 1.807) is 0 Å². The van der Waals surface area contributed by atoms with Crippen molar-refractivity contribution in [3.8, 4) is 0 Å². The second kappa shape index (κ2) is 11.7. The number of nitrogens with one attached hydrogen (secondary N) is 1. The monoisotopic (exact) mass is 556 g/mol. The van der Waals surface area contributed by atoms with E-state index in [0.717, 1.165) is 32.1 Å². The number of nitrogens with zero attached hydrogens (tertiary/aromatic N) is 5. The second-order valence-electron chi connectivity index (χ2n) is 8.83. The SMILES string of the molecule is CCNC(=NCC1CCCN(C)C1c1cccs1)N1CCC(C)C(n2ccnc2)C1.I. The van der Waals surface area contributed by atoms with Crippen molar-refractivity contribution in [2.45, 2.75) is 45.2 Å². The van der Waals surface area contributed by atoms with Gasteiger partial charge in [0.1, 0.15) is 0 Å². The van der Waals surface area contributed by atoms with E-state index in [9.17, 15) is 0 Å². The molecule has 0 radical (unpaired) electrons. The third-order valence-electron chi connectivity index (χ3n) is 6.78. The van der Waals surface area contributed by atoms with E-state index in [1.165, 1.54) is 30.7 Å². The largest absolute Gasteiger partial charge is 0.357 e. The fourth-order valence-electron chi connectivity index (χ4n) is 5.08. The van der Waals surface area contributed by atoms with Crippen LogP contribution < -0.4 is 5.32 Å². The minimum absolute atomic E-state index is 0. The first-order chi connectivity index (χ1) is 14.7. The lowest BCUT2D eigenvalue weighted by Gasteiger charge is -2.40. The number of hydrogen-bond acceptors (Lipinski definition) is 4. The highest BCUT2D eigenvalue weighted by molar-refractivity contribution is 14.0. The van der Waals surface area contributed by atoms with Crippen molar-refractivity contribution in [3.05, 3.63) is 41.1 Å². The summed E-state index contributed by atoms with van der Waals surface area (Å²) in [5, 5.41) is 5.78. The van der Waals surface area contributed by atoms with Gasteiger partial charge in [0.15, 0.2) is 5.96 Å². The molecule has 2 aliphatic rings. The molecular formula is C23H37IN6S. The van der Waals surface area contributed by atoms with Gasteiger partial charge in [-0.1, -0.05) is 13.0 Å². The van der Waals surface area contributed by atoms with Gasteiger partial charge in [0, 0.05) is 49.5 Å². The Morgan fingerprint density at radius 3 is 2.90 bits per heavy atom. The summed E-state index contributed by atoms with van der Waals surface area (Å²) in [6.45, 7) is 9.54. The number of thiophene rings is 1. The van der Waals surface area contributed by atoms with Gasteiger partial charge >= 0.3 is 0 Å². The number of guanidine groups is 1. The number of halogens is 1. The third-order valence-corrected chi connectivity index (χ3v) is 7.72. The zero-order chi connectivity index (χ0) is 20.9. The summed E-state index contributed by atoms with van der Waals surface area (Å²) in [4.78, 5) is 15.9. The lowest BCUT2D eigenvalue weighted by molar-refractivity contribution is 0.127. The highest BCUT2D eigenvalue weighted by Crippen LogP contribution is 2.37. The van der Waals surface area contributed by atoms with Gasteiger partial charge < -0.3 is 14.8 Å². The molecule has 4 atom stereocenters. The van der Waals surface area contributed by atoms with Crippen LogP contribution in [0.15, 0.2) is 41.2 Å². The number of rotatable bonds is 5. The van der Waals surface area contributed by atoms with E-state index in [2.05, 4.69) is 69.3 Å². The van der Waals surface area contributed by atoms with E-state index in [1.807, 2.05) is 23.9 Å². The molecule has 4 rings (SSSR count). The van der Waals surface area contributed by atoms with Gasteiger partial charge in [-0.25, -0.2) is 4.98 Å². The van der Waals surface area contributed by atoms with Crippen molar-refractivity contribution in [3.63, 3.8) is 0 Å². The molecule has 31 heavy (non-hydrogen) atoms. The Morgan fingerprint density at radius 1 is 1.32 bits per heavy atom. The molecule has 0 aromatic carbocycles. The van der Waals surface area contributed by atoms with Crippen molar-refractivity contribution >= 4 is 41.3 Å². The molecule has 0 amide bonds. The quantitative estimate of drug-likeness (QED) is 0.335. The molecule has 0 saturated carbocycles. The lowest BCUT2D eigenvalue weighted by atomic mass is 9.88. The Balaban J connectivity index is 0.00000272. The first-order valence-corrected chi connectivity index (χ1v) is 12.3. The van der Waals surface area contributed by atoms with Crippen molar-refractivity contribution in [1.82, 2.24) is 24.7 Å². The van der Waals surface area contributed by atoms with Crippen LogP contribution in [0, 0.1) is 11.8 Å². The summed E-state index contributed by atoms with van der Waals surface area (Å²) < 4.78 is 2.27. The molecule has 1 N–H and O–H groups in total. The van der Waals surface area contributed by atoms with Crippen LogP contribution in [0.3, 0.4) is 0 Å². The van der Waals surface area contributed by atoms with Crippen LogP contribution in [0.5, 0.6) is 0 Å². The standard InChI is InChI=1S/C23H36N6S.HI/c1-4-25-23(28-12-9-18(2)20(16-28)29-13-10-24-17-29)26-15-19-7-5-11-27(3)22(19)21-8-6-14-30-21;/h6,8,10,13-14,17-20,22H,4-5,7,9,11-12,15-16H2,1-3H3,(H,25,26);1H. The highest BCUT2D eigenvalue weighted by Gasteiger charge is 2.32. The van der Waals surface area contributed by atoms with E-state index in [0.29, 0.717) is 23.9 Å². The molecule has 2 aromatic heterocycles. The fourth-order valence-corrected chi connectivity index (χ4v) is 6.07. The van der Waals surface area contributed by atoms with Crippen LogP contribution >= 0.6 is 35.3 Å². The summed E-state index contributed by atoms with van der Waals surface area (Å²) in [7, 11) is 2.27. The lowest BCUT2D eigenvalue weighted by Crippen LogP contribution is -2.49. The van der Waals surface area contributed by atoms with Crippen LogP contribution in [0.4, 0.5) is 0 Å². The maximum atomic E-state index is 5.18. The zero-order valence-corrected chi connectivity index (χ0v) is 22.1. The molecule has 2 aromatic rings. The summed E-state index contributed by atoms with van der Waals surface area (Å²) >= 11 is 1.88. The summed E-state index contributed by atoms with van der Waals surface area (Å²) in [6, 6.07) is 5.41. The molecule has 6 nitrogen and oxygen atoms in total. The molecule has 2 fully saturated rings. The van der Waals surface area contributed by atoms with Gasteiger partial charge in [0.05, 0.1) is 12.4 Å². The first kappa shape index (κ1) is 24.5. The zero-order valence-electron chi connectivity index (χ0n) is 19.0. The first-order valence-electron chi connectivity index (χ1n) is 11.4. The number of imidazole rings is 1. The topological polar surface area (TPSA) is 48.7 Å². The predicted octanol–water partition coefficient (Wildman–Crippen LogP) is 4.49. The highest BCUT2D eigenvalue weighted by atomic mass is 127. The molecule has 4 heterocycles. The molecule has 172 valence electrons. The average molecular weight is 557 g/mol. The molecule has 0 bridgehead atoms. The minimum atomic E-state index is 0. The number of hydrogen-bond donors (Lipinski definition) is 1. The molecule has 0 aliphatic carbocycles. The van der Waals surface area contributed by atoms with Crippen LogP contribution in [0.25, 0.3) is 0 Å². The maximum absolute atomic E-state index is 5.18. The molecular weight excluding hydrogens is 519 g/mol. The number of likely N-dealkylation sites (tertiary alicyclic amines) is 2. The summed E-state index contributed by atoms with van der Waals surface area (Å²) in [5.74, 6) is 2.30. The van der Waals surface area contributed by atoms with Crippen molar-refractivity contribution < 1.29 is 0 Å². The normalized spacial score (nSPS) is 27.7. The Hall–Kier alpha value is -1.13. The predicted molar refractivity (Wildman–Crippen MR) is 140 cm³/mol. The van der Waals surface area contributed by atoms with Gasteiger partial charge in [0.25, 0.3) is 0 Å². The molecule has 8 heteroatoms. The molecule has 2 saturated heterocycles. The Morgan fingerprint density at radius 2 is 2.19 bits per heavy atom. The van der Waals surface area contributed by atoms with Crippen LogP contribution in [0.1, 0.15) is 50.1 Å². The second-order valence-corrected chi connectivity index (χ2v) is 9.81. The smallest absolute Gasteiger partial charge is 0.193 e. The Kier molecular flexibility index (Phi) is 9.21. The van der Waals surface area contributed by atoms with Crippen molar-refractivity contribution in [2.24, 2.45) is 16.8 Å². The van der Waals surface area contributed by atoms with E-state index in [4.69, 9.17) is 4.99 Å². The molecule has 0 spiro atoms. The number of aliphatic imine (C=N–C) groups is 1. The van der Waals surface area contributed by atoms with Gasteiger partial charge in [-0.05, 0) is 63.1 Å². The average Bonchev–Trinajstić information content (AvgIpc) is 3.46. The third kappa shape index (κ3) is 5.82. The van der Waals surface area contributed by atoms with Crippen LogP contribution in [-0.2, 0) is 0 Å². The van der Waals surface area contributed by atoms with E-state index in [-0.39, 0.29) is 24.0 Å². The fraction of sp³-hybridized carbons (Fsp3) is 0.652. The van der Waals surface area contributed by atoms with Crippen LogP contribution in [0.2, 0.25) is 0 Å². The van der Waals surface area contributed by atoms with Gasteiger partial charge in [-0.2, -0.15) is 0 Å². The van der Waals surface area contributed by atoms with Gasteiger partial charge in [-0.15, -0.1) is 35.3 Å². The minimum Gasteiger partial charge on any atom is -0.357 e. The summed E-state index contributed by atoms with van der Waals surface area (Å²) in [6.07, 6.45) is 9.63. The van der Waals surface area contributed by atoms with Gasteiger partial charge in [-0.3, -0.25) is 9.89 Å². The van der Waals surface area contributed by atoms with Gasteiger partial charge in [0.2, 0.25) is 0 Å². The Bertz CT molecular complexity index is 793. The van der Waals surface area contributed by atoms with Crippen molar-refractivity contribution in [2.75, 3.05) is 39.8 Å².